The van der Waals surface area contributed by atoms with Gasteiger partial charge in [0, 0.05) is 11.9 Å². The minimum Gasteiger partial charge on any atom is -0.550 e. The van der Waals surface area contributed by atoms with Gasteiger partial charge in [0.05, 0.1) is 0 Å². The predicted molar refractivity (Wildman–Crippen MR) is 101 cm³/mol. The molecule has 0 aliphatic rings. The van der Waals surface area contributed by atoms with Crippen molar-refractivity contribution in [3.05, 3.63) is 0 Å². The molecule has 0 fully saturated rings. The van der Waals surface area contributed by atoms with E-state index in [1.54, 1.807) is 21.7 Å². The van der Waals surface area contributed by atoms with Gasteiger partial charge >= 0.3 is 121 Å². The number of unbranched alkanes of at least 4 members (excludes halogenated alkanes) is 10. The van der Waals surface area contributed by atoms with Gasteiger partial charge in [-0.05, 0) is 12.8 Å². The van der Waals surface area contributed by atoms with E-state index >= 15 is 0 Å². The first-order valence-corrected chi connectivity index (χ1v) is 14.2. The van der Waals surface area contributed by atoms with Gasteiger partial charge < -0.3 is 19.8 Å². The van der Waals surface area contributed by atoms with E-state index in [0.717, 1.165) is 0 Å². The Hall–Kier alpha value is -0.261. The van der Waals surface area contributed by atoms with E-state index in [1.165, 1.54) is 64.2 Å². The largest absolute Gasteiger partial charge is 0.550 e. The molecule has 0 N–H and O–H groups in total. The molecule has 4 nitrogen and oxygen atoms in total. The van der Waals surface area contributed by atoms with Crippen molar-refractivity contribution >= 4 is 33.1 Å². The Kier molecular flexibility index (Phi) is 25.6. The quantitative estimate of drug-likeness (QED) is 0.245. The number of hydrogen-bond acceptors (Lipinski definition) is 4. The van der Waals surface area contributed by atoms with Gasteiger partial charge in [-0.15, -0.1) is 0 Å². The fourth-order valence-corrected chi connectivity index (χ4v) is 5.96. The molecule has 0 aromatic carbocycles. The molecule has 0 unspecified atom stereocenters. The summed E-state index contributed by atoms with van der Waals surface area (Å²) in [6.07, 6.45) is 16.9. The van der Waals surface area contributed by atoms with Gasteiger partial charge in [-0.1, -0.05) is 0 Å². The Morgan fingerprint density at radius 2 is 0.920 bits per heavy atom. The monoisotopic (exact) mass is 462 g/mol. The molecule has 0 amide bonds. The van der Waals surface area contributed by atoms with Crippen molar-refractivity contribution in [3.63, 3.8) is 0 Å². The van der Waals surface area contributed by atoms with Gasteiger partial charge in [-0.2, -0.15) is 0 Å². The molecule has 0 saturated heterocycles. The van der Waals surface area contributed by atoms with E-state index in [1.807, 2.05) is 0 Å². The molecule has 146 valence electrons. The van der Waals surface area contributed by atoms with Gasteiger partial charge in [0.2, 0.25) is 0 Å². The Balaban J connectivity index is 0. The van der Waals surface area contributed by atoms with Crippen LogP contribution in [0.1, 0.15) is 104 Å². The van der Waals surface area contributed by atoms with Crippen molar-refractivity contribution in [2.45, 2.75) is 113 Å². The van der Waals surface area contributed by atoms with E-state index < -0.39 is 24.8 Å². The molecule has 5 heteroatoms. The zero-order chi connectivity index (χ0) is 19.2. The fraction of sp³-hybridized carbons (Fsp3) is 0.900. The Labute approximate surface area is 165 Å². The number of carbonyl (C=O) groups excluding carboxylic acids is 2. The number of hydrogen-bond donors (Lipinski definition) is 0. The van der Waals surface area contributed by atoms with Gasteiger partial charge in [-0.25, -0.2) is 0 Å². The van der Waals surface area contributed by atoms with Crippen molar-refractivity contribution in [3.8, 4) is 0 Å². The minimum absolute atomic E-state index is 0.0736. The average molecular weight is 461 g/mol. The van der Waals surface area contributed by atoms with Crippen LogP contribution < -0.4 is 10.2 Å². The van der Waals surface area contributed by atoms with Gasteiger partial charge in [0.15, 0.2) is 0 Å². The van der Waals surface area contributed by atoms with E-state index in [0.29, 0.717) is 0 Å². The van der Waals surface area contributed by atoms with E-state index in [2.05, 4.69) is 13.8 Å². The fourth-order valence-electron chi connectivity index (χ4n) is 2.39. The molecule has 0 bridgehead atoms. The molecule has 0 rings (SSSR count). The summed E-state index contributed by atoms with van der Waals surface area (Å²) in [5.74, 6) is -2.73. The number of carboxylic acid groups (broad SMARTS) is 2. The third-order valence-corrected chi connectivity index (χ3v) is 7.98. The van der Waals surface area contributed by atoms with Crippen LogP contribution in [0, 0.1) is 0 Å². The molecule has 0 radical (unpaired) electrons. The molecule has 0 saturated carbocycles. The summed E-state index contributed by atoms with van der Waals surface area (Å²) in [5.41, 5.74) is 0. The topological polar surface area (TPSA) is 80.3 Å². The summed E-state index contributed by atoms with van der Waals surface area (Å²) in [4.78, 5) is 19.0. The van der Waals surface area contributed by atoms with Crippen molar-refractivity contribution < 1.29 is 19.8 Å². The predicted octanol–water partition coefficient (Wildman–Crippen LogP) is 3.51. The summed E-state index contributed by atoms with van der Waals surface area (Å²) in [7, 11) is 0. The van der Waals surface area contributed by atoms with Crippen molar-refractivity contribution in [1.29, 1.82) is 0 Å². The van der Waals surface area contributed by atoms with Crippen molar-refractivity contribution in [1.82, 2.24) is 0 Å². The summed E-state index contributed by atoms with van der Waals surface area (Å²) in [6.45, 7) is 4.60. The van der Waals surface area contributed by atoms with Crippen LogP contribution in [-0.4, -0.2) is 33.1 Å². The van der Waals surface area contributed by atoms with Crippen LogP contribution in [-0.2, 0) is 9.59 Å². The normalized spacial score (nSPS) is 9.84. The number of rotatable bonds is 17. The molecule has 0 spiro atoms. The minimum atomic E-state index is -1.37. The molecular formula is C20H38O4Sn. The Morgan fingerprint density at radius 3 is 1.24 bits per heavy atom. The van der Waals surface area contributed by atoms with E-state index in [-0.39, 0.29) is 21.1 Å². The van der Waals surface area contributed by atoms with Crippen LogP contribution in [0.4, 0.5) is 0 Å². The molecular weight excluding hydrogens is 423 g/mol. The molecule has 0 aliphatic heterocycles. The first kappa shape index (κ1) is 27.0. The smallest absolute Gasteiger partial charge is 0.0418 e. The van der Waals surface area contributed by atoms with Crippen molar-refractivity contribution in [2.24, 2.45) is 0 Å². The third kappa shape index (κ3) is 31.9. The maximum absolute atomic E-state index is 9.50. The second-order valence-corrected chi connectivity index (χ2v) is 10.8. The van der Waals surface area contributed by atoms with Crippen molar-refractivity contribution in [2.75, 3.05) is 0 Å². The van der Waals surface area contributed by atoms with Crippen LogP contribution in [0.5, 0.6) is 0 Å². The zero-order valence-corrected chi connectivity index (χ0v) is 19.3. The van der Waals surface area contributed by atoms with Crippen LogP contribution in [0.15, 0.2) is 0 Å². The summed E-state index contributed by atoms with van der Waals surface area (Å²) >= 11 is 0.0736. The van der Waals surface area contributed by atoms with Crippen LogP contribution >= 0.6 is 0 Å². The average Bonchev–Trinajstić information content (AvgIpc) is 2.58. The second kappa shape index (κ2) is 23.7. The number of carbonyl (C=O) groups is 2. The van der Waals surface area contributed by atoms with Gasteiger partial charge in [0.25, 0.3) is 0 Å². The number of aliphatic carboxylic acids is 2. The SMILES string of the molecule is CCCCCCC[CH2][Sn+2][CH2]CCCCCCC.O=C([O-])CCC(=O)[O-]. The van der Waals surface area contributed by atoms with Gasteiger partial charge in [-0.3, -0.25) is 0 Å². The maximum atomic E-state index is 9.50. The molecule has 0 aliphatic carbocycles. The number of carboxylic acids is 2. The molecule has 0 aromatic heterocycles. The molecule has 0 heterocycles. The Bertz CT molecular complexity index is 267. The molecule has 0 aromatic rings. The standard InChI is InChI=1S/2C8H17.C4H6O4.Sn/c2*1-3-5-7-8-6-4-2;5-3(6)1-2-4(7)8;/h2*1,3-8H2,2H3;1-2H2,(H,5,6)(H,7,8);/q;;;+2/p-2. The summed E-state index contributed by atoms with van der Waals surface area (Å²) < 4.78 is 3.31. The summed E-state index contributed by atoms with van der Waals surface area (Å²) in [5, 5.41) is 19.0. The molecule has 25 heavy (non-hydrogen) atoms. The third-order valence-electron chi connectivity index (χ3n) is 3.95. The first-order valence-electron chi connectivity index (χ1n) is 10.1. The maximum Gasteiger partial charge on any atom is 0.0418 e. The Morgan fingerprint density at radius 1 is 0.600 bits per heavy atom. The molecule has 0 atom stereocenters. The first-order chi connectivity index (χ1) is 12.0. The van der Waals surface area contributed by atoms with Gasteiger partial charge in [0.1, 0.15) is 0 Å². The van der Waals surface area contributed by atoms with Crippen LogP contribution in [0.2, 0.25) is 8.87 Å². The second-order valence-electron chi connectivity index (χ2n) is 6.53. The van der Waals surface area contributed by atoms with Crippen LogP contribution in [0.3, 0.4) is 0 Å². The zero-order valence-electron chi connectivity index (χ0n) is 16.4. The summed E-state index contributed by atoms with van der Waals surface area (Å²) in [6, 6.07) is 0. The van der Waals surface area contributed by atoms with Crippen LogP contribution in [0.25, 0.3) is 0 Å². The van der Waals surface area contributed by atoms with E-state index in [9.17, 15) is 19.8 Å². The van der Waals surface area contributed by atoms with E-state index in [4.69, 9.17) is 0 Å².